The number of methoxy groups -OCH3 is 1. The van der Waals surface area contributed by atoms with Gasteiger partial charge in [-0.3, -0.25) is 19.3 Å². The zero-order chi connectivity index (χ0) is 25.2. The first-order valence-corrected chi connectivity index (χ1v) is 12.0. The monoisotopic (exact) mass is 478 g/mol. The molecule has 0 spiro atoms. The maximum atomic E-state index is 13.0. The van der Waals surface area contributed by atoms with Crippen molar-refractivity contribution in [1.82, 2.24) is 15.1 Å². The van der Waals surface area contributed by atoms with Crippen LogP contribution in [-0.4, -0.2) is 66.3 Å². The predicted octanol–water partition coefficient (Wildman–Crippen LogP) is 2.74. The Morgan fingerprint density at radius 2 is 1.83 bits per heavy atom. The molecule has 2 saturated heterocycles. The molecule has 3 atom stereocenters. The maximum Gasteiger partial charge on any atom is 0.238 e. The summed E-state index contributed by atoms with van der Waals surface area (Å²) < 4.78 is 5.28. The minimum atomic E-state index is -0.623. The van der Waals surface area contributed by atoms with Gasteiger partial charge in [-0.15, -0.1) is 0 Å². The van der Waals surface area contributed by atoms with E-state index in [2.05, 4.69) is 15.5 Å². The molecule has 186 valence electrons. The first kappa shape index (κ1) is 24.7. The first-order valence-electron chi connectivity index (χ1n) is 12.0. The molecular formula is C27H34N4O4. The average molecular weight is 479 g/mol. The summed E-state index contributed by atoms with van der Waals surface area (Å²) in [6, 6.07) is 15.5. The Hall–Kier alpha value is -3.39. The number of aryl methyl sites for hydroxylation is 1. The van der Waals surface area contributed by atoms with Crippen molar-refractivity contribution in [2.45, 2.75) is 38.8 Å². The topological polar surface area (TPSA) is 91.0 Å². The van der Waals surface area contributed by atoms with E-state index in [1.165, 1.54) is 6.92 Å². The molecule has 2 heterocycles. The van der Waals surface area contributed by atoms with E-state index in [0.717, 1.165) is 17.5 Å². The third-order valence-corrected chi connectivity index (χ3v) is 7.20. The molecule has 2 aliphatic rings. The van der Waals surface area contributed by atoms with E-state index in [0.29, 0.717) is 31.1 Å². The van der Waals surface area contributed by atoms with Crippen LogP contribution in [0, 0.1) is 12.8 Å². The molecule has 2 fully saturated rings. The van der Waals surface area contributed by atoms with Crippen molar-refractivity contribution in [2.24, 2.45) is 5.92 Å². The Morgan fingerprint density at radius 3 is 2.49 bits per heavy atom. The zero-order valence-electron chi connectivity index (χ0n) is 20.8. The summed E-state index contributed by atoms with van der Waals surface area (Å²) in [4.78, 5) is 41.9. The summed E-state index contributed by atoms with van der Waals surface area (Å²) >= 11 is 0. The Labute approximate surface area is 206 Å². The highest BCUT2D eigenvalue weighted by Gasteiger charge is 2.56. The van der Waals surface area contributed by atoms with Crippen molar-refractivity contribution >= 4 is 23.4 Å². The Kier molecular flexibility index (Phi) is 7.12. The van der Waals surface area contributed by atoms with Crippen molar-refractivity contribution in [3.63, 3.8) is 0 Å². The lowest BCUT2D eigenvalue weighted by atomic mass is 9.75. The second-order valence-electron chi connectivity index (χ2n) is 9.67. The normalized spacial score (nSPS) is 23.9. The number of hydrogen-bond donors (Lipinski definition) is 2. The predicted molar refractivity (Wildman–Crippen MR) is 134 cm³/mol. The number of likely N-dealkylation sites (tertiary alicyclic amines) is 2. The molecule has 0 aliphatic carbocycles. The molecule has 0 radical (unpaired) electrons. The minimum Gasteiger partial charge on any atom is -0.497 e. The number of anilines is 1. The average Bonchev–Trinajstić information content (AvgIpc) is 3.14. The number of carbonyl (C=O) groups is 3. The number of hydrogen-bond acceptors (Lipinski definition) is 5. The van der Waals surface area contributed by atoms with Crippen molar-refractivity contribution < 1.29 is 19.1 Å². The molecule has 0 bridgehead atoms. The van der Waals surface area contributed by atoms with Crippen LogP contribution in [0.25, 0.3) is 0 Å². The molecule has 8 nitrogen and oxygen atoms in total. The second-order valence-corrected chi connectivity index (χ2v) is 9.67. The molecule has 2 N–H and O–H groups in total. The van der Waals surface area contributed by atoms with Crippen LogP contribution in [0.4, 0.5) is 5.69 Å². The fourth-order valence-corrected chi connectivity index (χ4v) is 5.72. The molecule has 3 amide bonds. The number of nitrogens with one attached hydrogen (secondary N) is 2. The zero-order valence-corrected chi connectivity index (χ0v) is 20.8. The van der Waals surface area contributed by atoms with Gasteiger partial charge in [-0.1, -0.05) is 36.4 Å². The van der Waals surface area contributed by atoms with Gasteiger partial charge in [0.1, 0.15) is 5.75 Å². The van der Waals surface area contributed by atoms with Gasteiger partial charge in [0.25, 0.3) is 0 Å². The van der Waals surface area contributed by atoms with Crippen LogP contribution in [0.15, 0.2) is 48.5 Å². The van der Waals surface area contributed by atoms with E-state index in [9.17, 15) is 14.4 Å². The second kappa shape index (κ2) is 10.1. The summed E-state index contributed by atoms with van der Waals surface area (Å²) in [6.45, 7) is 6.83. The van der Waals surface area contributed by atoms with Gasteiger partial charge in [-0.2, -0.15) is 0 Å². The Bertz CT molecular complexity index is 1110. The quantitative estimate of drug-likeness (QED) is 0.666. The van der Waals surface area contributed by atoms with E-state index in [1.54, 1.807) is 14.0 Å². The maximum absolute atomic E-state index is 13.0. The highest BCUT2D eigenvalue weighted by atomic mass is 16.5. The summed E-state index contributed by atoms with van der Waals surface area (Å²) in [5.74, 6) is 0.455. The van der Waals surface area contributed by atoms with Crippen LogP contribution >= 0.6 is 0 Å². The SMILES string of the molecule is COc1ccc(C)c(NC(=O)CN2CC[C@@H]3[C@@H](c4ccccc4)N(C(C)=O)C[C@]3(NC(C)=O)C2)c1. The van der Waals surface area contributed by atoms with Crippen molar-refractivity contribution in [3.8, 4) is 5.75 Å². The lowest BCUT2D eigenvalue weighted by Crippen LogP contribution is -2.64. The van der Waals surface area contributed by atoms with Crippen molar-refractivity contribution in [3.05, 3.63) is 59.7 Å². The van der Waals surface area contributed by atoms with Crippen LogP contribution in [0.5, 0.6) is 5.75 Å². The van der Waals surface area contributed by atoms with Crippen LogP contribution in [0.2, 0.25) is 0 Å². The Balaban J connectivity index is 1.55. The summed E-state index contributed by atoms with van der Waals surface area (Å²) in [7, 11) is 1.59. The first-order chi connectivity index (χ1) is 16.7. The fraction of sp³-hybridized carbons (Fsp3) is 0.444. The number of benzene rings is 2. The number of carbonyl (C=O) groups excluding carboxylic acids is 3. The van der Waals surface area contributed by atoms with Gasteiger partial charge in [0, 0.05) is 44.6 Å². The molecule has 35 heavy (non-hydrogen) atoms. The molecule has 2 aromatic rings. The largest absolute Gasteiger partial charge is 0.497 e. The van der Waals surface area contributed by atoms with Gasteiger partial charge in [-0.05, 0) is 37.1 Å². The highest BCUT2D eigenvalue weighted by molar-refractivity contribution is 5.93. The summed E-state index contributed by atoms with van der Waals surface area (Å²) in [5.41, 5.74) is 2.11. The third kappa shape index (κ3) is 5.17. The van der Waals surface area contributed by atoms with Crippen molar-refractivity contribution in [1.29, 1.82) is 0 Å². The van der Waals surface area contributed by atoms with E-state index in [-0.39, 0.29) is 36.2 Å². The molecule has 0 aromatic heterocycles. The highest BCUT2D eigenvalue weighted by Crippen LogP contribution is 2.47. The molecule has 0 saturated carbocycles. The molecule has 2 aromatic carbocycles. The number of piperidine rings is 1. The van der Waals surface area contributed by atoms with Crippen LogP contribution in [0.3, 0.4) is 0 Å². The fourth-order valence-electron chi connectivity index (χ4n) is 5.72. The van der Waals surface area contributed by atoms with Gasteiger partial charge in [0.2, 0.25) is 17.7 Å². The molecule has 2 aliphatic heterocycles. The van der Waals surface area contributed by atoms with Crippen LogP contribution in [0.1, 0.15) is 37.4 Å². The van der Waals surface area contributed by atoms with Gasteiger partial charge < -0.3 is 20.3 Å². The number of amides is 3. The number of fused-ring (bicyclic) bond motifs is 1. The number of rotatable bonds is 6. The lowest BCUT2D eigenvalue weighted by Gasteiger charge is -2.45. The molecule has 4 rings (SSSR count). The lowest BCUT2D eigenvalue weighted by molar-refractivity contribution is -0.130. The molecular weight excluding hydrogens is 444 g/mol. The van der Waals surface area contributed by atoms with Crippen LogP contribution < -0.4 is 15.4 Å². The summed E-state index contributed by atoms with van der Waals surface area (Å²) in [6.07, 6.45) is 0.759. The minimum absolute atomic E-state index is 0.0178. The Morgan fingerprint density at radius 1 is 1.09 bits per heavy atom. The van der Waals surface area contributed by atoms with Gasteiger partial charge in [0.05, 0.1) is 25.2 Å². The van der Waals surface area contributed by atoms with Gasteiger partial charge in [0.15, 0.2) is 0 Å². The number of nitrogens with zero attached hydrogens (tertiary/aromatic N) is 2. The smallest absolute Gasteiger partial charge is 0.238 e. The van der Waals surface area contributed by atoms with Crippen LogP contribution in [-0.2, 0) is 14.4 Å². The van der Waals surface area contributed by atoms with Gasteiger partial charge >= 0.3 is 0 Å². The molecule has 0 unspecified atom stereocenters. The standard InChI is InChI=1S/C27H34N4O4/c1-18-10-11-22(35-4)14-24(18)28-25(34)15-30-13-12-23-26(21-8-6-5-7-9-21)31(20(3)33)17-27(23,16-30)29-19(2)32/h5-11,14,23,26H,12-13,15-17H2,1-4H3,(H,28,34)(H,29,32)/t23-,26-,27-/m1/s1. The van der Waals surface area contributed by atoms with E-state index in [1.807, 2.05) is 60.4 Å². The molecule has 8 heteroatoms. The van der Waals surface area contributed by atoms with Crippen molar-refractivity contribution in [2.75, 3.05) is 38.6 Å². The van der Waals surface area contributed by atoms with E-state index < -0.39 is 5.54 Å². The number of ether oxygens (including phenoxy) is 1. The van der Waals surface area contributed by atoms with E-state index >= 15 is 0 Å². The van der Waals surface area contributed by atoms with Gasteiger partial charge in [-0.25, -0.2) is 0 Å². The summed E-state index contributed by atoms with van der Waals surface area (Å²) in [5, 5.41) is 6.19. The third-order valence-electron chi connectivity index (χ3n) is 7.20. The van der Waals surface area contributed by atoms with E-state index in [4.69, 9.17) is 4.74 Å².